The van der Waals surface area contributed by atoms with Gasteiger partial charge in [-0.2, -0.15) is 0 Å². The van der Waals surface area contributed by atoms with Crippen molar-refractivity contribution in [1.29, 1.82) is 0 Å². The molecule has 1 saturated carbocycles. The maximum Gasteiger partial charge on any atom is 0.244 e. The van der Waals surface area contributed by atoms with Gasteiger partial charge in [-0.1, -0.05) is 0 Å². The highest BCUT2D eigenvalue weighted by Gasteiger charge is 2.63. The van der Waals surface area contributed by atoms with E-state index in [0.717, 1.165) is 12.8 Å². The van der Waals surface area contributed by atoms with Crippen molar-refractivity contribution in [1.82, 2.24) is 16.0 Å². The number of rotatable bonds is 10. The fourth-order valence-electron chi connectivity index (χ4n) is 6.30. The number of hydrogen-bond acceptors (Lipinski definition) is 15. The number of nitrogens with zero attached hydrogens (tertiary/aromatic N) is 2. The maximum atomic E-state index is 11.7. The Hall–Kier alpha value is -1.58. The SMILES string of the molecule is CNC1C(O)C(OC2C(N=C(N)C3(O)CNC3)CC(N)C(OC34NC3CCC(CN=C(N)C(C)N)O4)C2O)OCC1(C)O. The Morgan fingerprint density at radius 2 is 1.88 bits per heavy atom. The Morgan fingerprint density at radius 1 is 1.16 bits per heavy atom. The van der Waals surface area contributed by atoms with Gasteiger partial charge < -0.3 is 72.9 Å². The van der Waals surface area contributed by atoms with Crippen molar-refractivity contribution < 1.29 is 39.4 Å². The van der Waals surface area contributed by atoms with Crippen molar-refractivity contribution in [3.8, 4) is 0 Å². The summed E-state index contributed by atoms with van der Waals surface area (Å²) >= 11 is 0. The normalized spacial score (nSPS) is 47.4. The molecule has 0 amide bonds. The monoisotopic (exact) mass is 615 g/mol. The van der Waals surface area contributed by atoms with Crippen molar-refractivity contribution >= 4 is 11.7 Å². The van der Waals surface area contributed by atoms with Crippen LogP contribution in [-0.4, -0.2) is 150 Å². The minimum Gasteiger partial charge on any atom is -0.388 e. The summed E-state index contributed by atoms with van der Waals surface area (Å²) in [5.41, 5.74) is 21.8. The van der Waals surface area contributed by atoms with Crippen LogP contribution in [0.15, 0.2) is 9.98 Å². The summed E-state index contributed by atoms with van der Waals surface area (Å²) in [7, 11) is 1.61. The summed E-state index contributed by atoms with van der Waals surface area (Å²) in [6, 6.07) is -2.79. The van der Waals surface area contributed by atoms with Gasteiger partial charge in [0.15, 0.2) is 6.29 Å². The lowest BCUT2D eigenvalue weighted by molar-refractivity contribution is -0.309. The van der Waals surface area contributed by atoms with Crippen molar-refractivity contribution in [3.63, 3.8) is 0 Å². The first kappa shape index (κ1) is 32.8. The highest BCUT2D eigenvalue weighted by Crippen LogP contribution is 2.43. The Labute approximate surface area is 250 Å². The van der Waals surface area contributed by atoms with Crippen molar-refractivity contribution in [3.05, 3.63) is 0 Å². The molecular formula is C26H49N9O8. The van der Waals surface area contributed by atoms with Gasteiger partial charge in [0, 0.05) is 19.1 Å². The third kappa shape index (κ3) is 6.55. The molecule has 0 aromatic heterocycles. The number of aliphatic hydroxyl groups excluding tert-OH is 2. The van der Waals surface area contributed by atoms with E-state index in [4.69, 9.17) is 41.9 Å². The van der Waals surface area contributed by atoms with Crippen molar-refractivity contribution in [2.75, 3.05) is 33.3 Å². The second kappa shape index (κ2) is 12.3. The number of fused-ring (bicyclic) bond motifs is 1. The molecule has 4 saturated heterocycles. The molecule has 43 heavy (non-hydrogen) atoms. The molecule has 17 heteroatoms. The van der Waals surface area contributed by atoms with Crippen molar-refractivity contribution in [2.24, 2.45) is 32.9 Å². The lowest BCUT2D eigenvalue weighted by atomic mass is 9.83. The van der Waals surface area contributed by atoms with E-state index >= 15 is 0 Å². The van der Waals surface area contributed by atoms with E-state index in [-0.39, 0.29) is 50.1 Å². The van der Waals surface area contributed by atoms with Crippen LogP contribution in [0.4, 0.5) is 0 Å². The zero-order valence-electron chi connectivity index (χ0n) is 24.9. The Bertz CT molecular complexity index is 1060. The highest BCUT2D eigenvalue weighted by molar-refractivity contribution is 5.90. The van der Waals surface area contributed by atoms with Crippen LogP contribution >= 0.6 is 0 Å². The molecule has 1 aliphatic carbocycles. The number of aliphatic hydroxyl groups is 4. The zero-order valence-corrected chi connectivity index (χ0v) is 24.9. The fraction of sp³-hybridized carbons (Fsp3) is 0.923. The Morgan fingerprint density at radius 3 is 2.51 bits per heavy atom. The van der Waals surface area contributed by atoms with Gasteiger partial charge in [-0.25, -0.2) is 0 Å². The van der Waals surface area contributed by atoms with Gasteiger partial charge in [0.2, 0.25) is 5.91 Å². The molecule has 15 N–H and O–H groups in total. The summed E-state index contributed by atoms with van der Waals surface area (Å²) in [5, 5.41) is 53.3. The molecule has 13 unspecified atom stereocenters. The molecule has 0 radical (unpaired) electrons. The molecule has 0 bridgehead atoms. The molecule has 5 aliphatic rings. The molecule has 17 nitrogen and oxygen atoms in total. The molecular weight excluding hydrogens is 566 g/mol. The topological polar surface area (TPSA) is 293 Å². The quantitative estimate of drug-likeness (QED) is 0.0620. The van der Waals surface area contributed by atoms with Gasteiger partial charge in [0.25, 0.3) is 0 Å². The van der Waals surface area contributed by atoms with E-state index in [0.29, 0.717) is 12.4 Å². The molecule has 0 aromatic carbocycles. The summed E-state index contributed by atoms with van der Waals surface area (Å²) in [5.74, 6) is -0.859. The van der Waals surface area contributed by atoms with Crippen LogP contribution in [0.3, 0.4) is 0 Å². The number of ether oxygens (including phenoxy) is 4. The first-order valence-corrected chi connectivity index (χ1v) is 14.9. The molecule has 13 atom stereocenters. The third-order valence-corrected chi connectivity index (χ3v) is 9.16. The highest BCUT2D eigenvalue weighted by atomic mass is 16.8. The minimum absolute atomic E-state index is 0.0163. The standard InChI is InChI=1S/C26H49N9O8/c1-11(27)21(29)33-7-12-4-5-15-26(35-15,42-12)43-18-13(28)6-14(34-23(30)25(39)8-32-9-25)19(16(18)36)41-22-17(37)20(31-3)24(2,38)10-40-22/h11-20,22,31-32,35-39H,4-10,27-28H2,1-3H3,(H2,29,33)(H2,30,34). The number of nitrogens with one attached hydrogen (secondary N) is 3. The van der Waals surface area contributed by atoms with Crippen LogP contribution in [0.5, 0.6) is 0 Å². The lowest BCUT2D eigenvalue weighted by Gasteiger charge is -2.48. The van der Waals surface area contributed by atoms with Crippen LogP contribution in [0, 0.1) is 0 Å². The Kier molecular flexibility index (Phi) is 9.39. The molecule has 5 fully saturated rings. The van der Waals surface area contributed by atoms with Gasteiger partial charge in [-0.3, -0.25) is 15.3 Å². The predicted molar refractivity (Wildman–Crippen MR) is 155 cm³/mol. The first-order valence-electron chi connectivity index (χ1n) is 14.9. The number of likely N-dealkylation sites (N-methyl/N-ethyl adjacent to an activating group) is 1. The summed E-state index contributed by atoms with van der Waals surface area (Å²) in [4.78, 5) is 8.88. The average Bonchev–Trinajstić information content (AvgIpc) is 3.65. The molecule has 4 heterocycles. The van der Waals surface area contributed by atoms with Crippen LogP contribution in [0.2, 0.25) is 0 Å². The van der Waals surface area contributed by atoms with Crippen LogP contribution < -0.4 is 38.9 Å². The summed E-state index contributed by atoms with van der Waals surface area (Å²) < 4.78 is 24.6. The van der Waals surface area contributed by atoms with E-state index in [1.165, 1.54) is 0 Å². The number of amidine groups is 2. The van der Waals surface area contributed by atoms with E-state index in [9.17, 15) is 20.4 Å². The average molecular weight is 616 g/mol. The van der Waals surface area contributed by atoms with Crippen LogP contribution in [0.25, 0.3) is 0 Å². The maximum absolute atomic E-state index is 11.7. The van der Waals surface area contributed by atoms with Gasteiger partial charge >= 0.3 is 0 Å². The van der Waals surface area contributed by atoms with E-state index in [1.807, 2.05) is 0 Å². The van der Waals surface area contributed by atoms with Gasteiger partial charge in [-0.15, -0.1) is 0 Å². The minimum atomic E-state index is -1.37. The number of aliphatic imine (C=N–C) groups is 2. The second-order valence-corrected chi connectivity index (χ2v) is 12.8. The van der Waals surface area contributed by atoms with Crippen LogP contribution in [-0.2, 0) is 18.9 Å². The van der Waals surface area contributed by atoms with E-state index in [2.05, 4.69) is 25.9 Å². The van der Waals surface area contributed by atoms with E-state index < -0.39 is 65.9 Å². The summed E-state index contributed by atoms with van der Waals surface area (Å²) in [6.45, 7) is 3.93. The van der Waals surface area contributed by atoms with E-state index in [1.54, 1.807) is 20.9 Å². The van der Waals surface area contributed by atoms with Gasteiger partial charge in [-0.05, 0) is 40.2 Å². The third-order valence-electron chi connectivity index (χ3n) is 9.16. The molecule has 0 aromatic rings. The van der Waals surface area contributed by atoms with Gasteiger partial charge in [0.1, 0.15) is 47.3 Å². The molecule has 5 rings (SSSR count). The molecule has 4 aliphatic heterocycles. The molecule has 0 spiro atoms. The lowest BCUT2D eigenvalue weighted by Crippen LogP contribution is -2.68. The predicted octanol–water partition coefficient (Wildman–Crippen LogP) is -5.53. The Balaban J connectivity index is 1.34. The van der Waals surface area contributed by atoms with Crippen LogP contribution in [0.1, 0.15) is 33.1 Å². The number of β-amino-alcohol motifs (C(OH)–C–C–N with tert-alkyl or cyclic N) is 1. The summed E-state index contributed by atoms with van der Waals surface area (Å²) in [6.07, 6.45) is -4.60. The molecule has 246 valence electrons. The fourth-order valence-corrected chi connectivity index (χ4v) is 6.30. The smallest absolute Gasteiger partial charge is 0.244 e. The zero-order chi connectivity index (χ0) is 31.3. The largest absolute Gasteiger partial charge is 0.388 e. The van der Waals surface area contributed by atoms with Crippen molar-refractivity contribution in [2.45, 2.75) is 117 Å². The second-order valence-electron chi connectivity index (χ2n) is 12.8. The van der Waals surface area contributed by atoms with Gasteiger partial charge in [0.05, 0.1) is 43.4 Å². The number of hydrogen-bond donors (Lipinski definition) is 11. The number of nitrogens with two attached hydrogens (primary N) is 4. The first-order chi connectivity index (χ1) is 20.2.